The van der Waals surface area contributed by atoms with Crippen molar-refractivity contribution >= 4 is 29.8 Å². The lowest BCUT2D eigenvalue weighted by Gasteiger charge is -2.03. The van der Waals surface area contributed by atoms with Crippen LogP contribution < -0.4 is 21.9 Å². The molecule has 150 valence electrons. The van der Waals surface area contributed by atoms with Gasteiger partial charge in [0.2, 0.25) is 5.91 Å². The minimum atomic E-state index is -1.21. The molecule has 1 atom stereocenters. The molecule has 0 radical (unpaired) electrons. The first-order valence-corrected chi connectivity index (χ1v) is 7.11. The highest BCUT2D eigenvalue weighted by Gasteiger charge is 2.13. The summed E-state index contributed by atoms with van der Waals surface area (Å²) in [5.74, 6) is -4.46. The van der Waals surface area contributed by atoms with Gasteiger partial charge in [-0.15, -0.1) is 0 Å². The number of aliphatic carboxylic acids is 2. The molecule has 1 amide bonds. The van der Waals surface area contributed by atoms with E-state index in [1.54, 1.807) is 12.1 Å². The van der Waals surface area contributed by atoms with E-state index in [0.717, 1.165) is 0 Å². The number of carboxylic acids is 3. The zero-order chi connectivity index (χ0) is 21.6. The van der Waals surface area contributed by atoms with Gasteiger partial charge in [0.25, 0.3) is 0 Å². The first-order valence-electron chi connectivity index (χ1n) is 7.11. The van der Waals surface area contributed by atoms with Crippen molar-refractivity contribution in [2.75, 3.05) is 6.54 Å². The molecular weight excluding hydrogens is 366 g/mol. The van der Waals surface area contributed by atoms with E-state index >= 15 is 0 Å². The van der Waals surface area contributed by atoms with Crippen LogP contribution in [0.1, 0.15) is 23.7 Å². The van der Waals surface area contributed by atoms with Gasteiger partial charge in [-0.25, -0.2) is 4.79 Å². The van der Waals surface area contributed by atoms with E-state index in [4.69, 9.17) is 21.1 Å². The van der Waals surface area contributed by atoms with Crippen LogP contribution in [0.2, 0.25) is 0 Å². The van der Waals surface area contributed by atoms with Crippen molar-refractivity contribution in [3.05, 3.63) is 29.8 Å². The summed E-state index contributed by atoms with van der Waals surface area (Å²) in [5, 5.41) is 24.4. The predicted octanol–water partition coefficient (Wildman–Crippen LogP) is -1.39. The van der Waals surface area contributed by atoms with Crippen LogP contribution in [0.25, 0.3) is 0 Å². The highest BCUT2D eigenvalue weighted by Crippen LogP contribution is 2.17. The number of aromatic carboxylic acids is 1. The largest absolute Gasteiger partial charge is 0.480 e. The standard InChI is InChI=1S/C9H8O4.C4H8N2O3.C2H5NO2/c1-6(10)13-8-5-3-2-4-7(8)9(11)12;5-2(4(8)9)1-3(6)7;3-1-2(4)5/h2-5H,1H3,(H,11,12);2H,1,5H2,(H2,6,7)(H,8,9);1,3H2,(H,4,5). The Bertz CT molecular complexity index is 676. The van der Waals surface area contributed by atoms with Gasteiger partial charge in [0, 0.05) is 6.92 Å². The van der Waals surface area contributed by atoms with Gasteiger partial charge in [-0.2, -0.15) is 0 Å². The summed E-state index contributed by atoms with van der Waals surface area (Å²) in [6.45, 7) is 0.943. The third-order valence-electron chi connectivity index (χ3n) is 2.28. The fraction of sp³-hybridized carbons (Fsp3) is 0.267. The number of nitrogens with two attached hydrogens (primary N) is 3. The average molecular weight is 387 g/mol. The normalized spacial score (nSPS) is 10.0. The highest BCUT2D eigenvalue weighted by atomic mass is 16.5. The number of carbonyl (C=O) groups is 5. The number of carboxylic acid groups (broad SMARTS) is 3. The predicted molar refractivity (Wildman–Crippen MR) is 90.8 cm³/mol. The number of rotatable bonds is 6. The molecule has 1 aromatic carbocycles. The Labute approximate surface area is 153 Å². The maximum Gasteiger partial charge on any atom is 0.339 e. The summed E-state index contributed by atoms with van der Waals surface area (Å²) in [7, 11) is 0. The number of esters is 1. The lowest BCUT2D eigenvalue weighted by Crippen LogP contribution is -2.34. The van der Waals surface area contributed by atoms with Gasteiger partial charge in [0.1, 0.15) is 17.4 Å². The van der Waals surface area contributed by atoms with Gasteiger partial charge in [0.15, 0.2) is 0 Å². The van der Waals surface area contributed by atoms with Gasteiger partial charge in [-0.3, -0.25) is 19.2 Å². The molecule has 12 heteroatoms. The van der Waals surface area contributed by atoms with Crippen LogP contribution in [0.5, 0.6) is 5.75 Å². The number of primary amides is 1. The fourth-order valence-electron chi connectivity index (χ4n) is 1.19. The lowest BCUT2D eigenvalue weighted by atomic mass is 10.2. The van der Waals surface area contributed by atoms with Gasteiger partial charge < -0.3 is 37.3 Å². The van der Waals surface area contributed by atoms with Crippen molar-refractivity contribution in [1.29, 1.82) is 0 Å². The van der Waals surface area contributed by atoms with E-state index < -0.39 is 35.8 Å². The molecule has 1 rings (SSSR count). The molecule has 0 saturated heterocycles. The van der Waals surface area contributed by atoms with E-state index in [1.165, 1.54) is 19.1 Å². The summed E-state index contributed by atoms with van der Waals surface area (Å²) in [4.78, 5) is 50.3. The molecule has 0 aromatic heterocycles. The molecule has 0 saturated carbocycles. The van der Waals surface area contributed by atoms with Crippen LogP contribution in [0.4, 0.5) is 0 Å². The minimum absolute atomic E-state index is 0.0160. The second kappa shape index (κ2) is 13.7. The molecule has 1 aromatic rings. The average Bonchev–Trinajstić information content (AvgIpc) is 2.55. The Morgan fingerprint density at radius 1 is 1.07 bits per heavy atom. The highest BCUT2D eigenvalue weighted by molar-refractivity contribution is 5.91. The fourth-order valence-corrected chi connectivity index (χ4v) is 1.19. The molecule has 0 spiro atoms. The second-order valence-electron chi connectivity index (χ2n) is 4.61. The maximum absolute atomic E-state index is 10.6. The van der Waals surface area contributed by atoms with Crippen LogP contribution in [0.3, 0.4) is 0 Å². The first-order chi connectivity index (χ1) is 12.4. The molecule has 1 unspecified atom stereocenters. The smallest absolute Gasteiger partial charge is 0.339 e. The Morgan fingerprint density at radius 2 is 1.56 bits per heavy atom. The summed E-state index contributed by atoms with van der Waals surface area (Å²) in [6.07, 6.45) is -0.310. The number of benzene rings is 1. The SMILES string of the molecule is CC(=O)Oc1ccccc1C(=O)O.NC(=O)CC(N)C(=O)O.NCC(=O)O. The molecule has 12 nitrogen and oxygen atoms in total. The summed E-state index contributed by atoms with van der Waals surface area (Å²) >= 11 is 0. The minimum Gasteiger partial charge on any atom is -0.480 e. The zero-order valence-corrected chi connectivity index (χ0v) is 14.3. The van der Waals surface area contributed by atoms with Crippen LogP contribution in [0, 0.1) is 0 Å². The molecule has 0 fully saturated rings. The summed E-state index contributed by atoms with van der Waals surface area (Å²) in [5.41, 5.74) is 14.1. The Balaban J connectivity index is 0. The van der Waals surface area contributed by atoms with E-state index in [9.17, 15) is 24.0 Å². The molecule has 0 bridgehead atoms. The lowest BCUT2D eigenvalue weighted by molar-refractivity contribution is -0.140. The van der Waals surface area contributed by atoms with Gasteiger partial charge in [-0.05, 0) is 12.1 Å². The van der Waals surface area contributed by atoms with Gasteiger partial charge in [0.05, 0.1) is 13.0 Å². The molecular formula is C15H21N3O9. The Hall–Kier alpha value is -3.51. The molecule has 0 aliphatic carbocycles. The van der Waals surface area contributed by atoms with Crippen LogP contribution in [0.15, 0.2) is 24.3 Å². The monoisotopic (exact) mass is 387 g/mol. The molecule has 0 aliphatic rings. The number of hydrogen-bond acceptors (Lipinski definition) is 8. The van der Waals surface area contributed by atoms with Crippen LogP contribution in [-0.4, -0.2) is 57.7 Å². The van der Waals surface area contributed by atoms with Crippen molar-refractivity contribution in [2.24, 2.45) is 17.2 Å². The summed E-state index contributed by atoms with van der Waals surface area (Å²) < 4.78 is 4.69. The quantitative estimate of drug-likeness (QED) is 0.245. The topological polar surface area (TPSA) is 233 Å². The van der Waals surface area contributed by atoms with E-state index in [2.05, 4.69) is 16.2 Å². The number of para-hydroxylation sites is 1. The van der Waals surface area contributed by atoms with Crippen molar-refractivity contribution in [3.8, 4) is 5.75 Å². The van der Waals surface area contributed by atoms with Crippen molar-refractivity contribution in [3.63, 3.8) is 0 Å². The van der Waals surface area contributed by atoms with Crippen molar-refractivity contribution in [2.45, 2.75) is 19.4 Å². The molecule has 0 aliphatic heterocycles. The van der Waals surface area contributed by atoms with E-state index in [-0.39, 0.29) is 24.3 Å². The van der Waals surface area contributed by atoms with E-state index in [1.807, 2.05) is 0 Å². The zero-order valence-electron chi connectivity index (χ0n) is 14.3. The molecule has 9 N–H and O–H groups in total. The number of ether oxygens (including phenoxy) is 1. The van der Waals surface area contributed by atoms with E-state index in [0.29, 0.717) is 0 Å². The van der Waals surface area contributed by atoms with Crippen LogP contribution in [-0.2, 0) is 19.2 Å². The van der Waals surface area contributed by atoms with Crippen LogP contribution >= 0.6 is 0 Å². The molecule has 27 heavy (non-hydrogen) atoms. The third kappa shape index (κ3) is 14.5. The van der Waals surface area contributed by atoms with Crippen molar-refractivity contribution < 1.29 is 44.0 Å². The van der Waals surface area contributed by atoms with Gasteiger partial charge in [-0.1, -0.05) is 12.1 Å². The molecule has 0 heterocycles. The second-order valence-corrected chi connectivity index (χ2v) is 4.61. The van der Waals surface area contributed by atoms with Crippen molar-refractivity contribution in [1.82, 2.24) is 0 Å². The number of carbonyl (C=O) groups excluding carboxylic acids is 2. The Morgan fingerprint density at radius 3 is 1.85 bits per heavy atom. The third-order valence-corrected chi connectivity index (χ3v) is 2.28. The number of amides is 1. The first kappa shape index (κ1) is 25.7. The number of hydrogen-bond donors (Lipinski definition) is 6. The summed E-state index contributed by atoms with van der Waals surface area (Å²) in [6, 6.07) is 4.81. The Kier molecular flexibility index (Phi) is 13.1. The van der Waals surface area contributed by atoms with Gasteiger partial charge >= 0.3 is 23.9 Å². The maximum atomic E-state index is 10.6.